The Labute approximate surface area is 182 Å². The van der Waals surface area contributed by atoms with Crippen LogP contribution in [0.2, 0.25) is 0 Å². The minimum absolute atomic E-state index is 0.0381. The number of hydroxylamine groups is 1. The monoisotopic (exact) mass is 457 g/mol. The zero-order valence-electron chi connectivity index (χ0n) is 16.5. The van der Waals surface area contributed by atoms with Crippen LogP contribution in [0.1, 0.15) is 10.4 Å². The molecule has 10 nitrogen and oxygen atoms in total. The van der Waals surface area contributed by atoms with Gasteiger partial charge in [-0.2, -0.15) is 23.8 Å². The van der Waals surface area contributed by atoms with Crippen LogP contribution in [0, 0.1) is 0 Å². The van der Waals surface area contributed by atoms with Crippen molar-refractivity contribution in [3.05, 3.63) is 60.4 Å². The number of nitrogens with two attached hydrogens (primary N) is 1. The molecule has 1 amide bonds. The largest absolute Gasteiger partial charge is 0.493 e. The van der Waals surface area contributed by atoms with Gasteiger partial charge in [0, 0.05) is 22.2 Å². The van der Waals surface area contributed by atoms with E-state index in [0.717, 1.165) is 10.9 Å². The second-order valence-corrected chi connectivity index (χ2v) is 6.68. The standard InChI is InChI=1S/C20H14F3N7O3/c21-20(22,23)19(32)33-30-18(31)11-3-1-10(2-4-11)15-9-25-16(24)17(28-15)27-13-5-6-14-12(7-13)8-26-29-14/h1-9H,(H2,24,25)(H,26,29)(H,27,28)(H,30,31). The Morgan fingerprint density at radius 2 is 1.82 bits per heavy atom. The fourth-order valence-electron chi connectivity index (χ4n) is 2.79. The molecule has 33 heavy (non-hydrogen) atoms. The molecule has 0 unspecified atom stereocenters. The number of fused-ring (bicyclic) bond motifs is 1. The third-order valence-corrected chi connectivity index (χ3v) is 4.41. The molecule has 0 aliphatic rings. The average molecular weight is 457 g/mol. The van der Waals surface area contributed by atoms with Crippen LogP contribution >= 0.6 is 0 Å². The van der Waals surface area contributed by atoms with Crippen LogP contribution in [-0.4, -0.2) is 38.2 Å². The Morgan fingerprint density at radius 1 is 1.06 bits per heavy atom. The van der Waals surface area contributed by atoms with E-state index < -0.39 is 18.1 Å². The number of nitrogens with zero attached hydrogens (tertiary/aromatic N) is 3. The summed E-state index contributed by atoms with van der Waals surface area (Å²) in [5.74, 6) is -3.10. The van der Waals surface area contributed by atoms with Gasteiger partial charge in [-0.3, -0.25) is 9.89 Å². The highest BCUT2D eigenvalue weighted by atomic mass is 19.4. The third-order valence-electron chi connectivity index (χ3n) is 4.41. The average Bonchev–Trinajstić information content (AvgIpc) is 3.26. The molecule has 0 atom stereocenters. The van der Waals surface area contributed by atoms with Gasteiger partial charge in [-0.15, -0.1) is 0 Å². The molecule has 0 aliphatic carbocycles. The summed E-state index contributed by atoms with van der Waals surface area (Å²) in [6.45, 7) is 0. The summed E-state index contributed by atoms with van der Waals surface area (Å²) in [4.78, 5) is 34.9. The normalized spacial score (nSPS) is 11.2. The number of aromatic nitrogens is 4. The molecular weight excluding hydrogens is 443 g/mol. The molecule has 168 valence electrons. The molecule has 13 heteroatoms. The number of halogens is 3. The number of benzene rings is 2. The second-order valence-electron chi connectivity index (χ2n) is 6.68. The zero-order chi connectivity index (χ0) is 23.6. The Morgan fingerprint density at radius 3 is 2.55 bits per heavy atom. The topological polar surface area (TPSA) is 148 Å². The summed E-state index contributed by atoms with van der Waals surface area (Å²) in [5, 5.41) is 10.8. The van der Waals surface area contributed by atoms with Gasteiger partial charge >= 0.3 is 12.1 Å². The Bertz CT molecular complexity index is 1340. The summed E-state index contributed by atoms with van der Waals surface area (Å²) in [5.41, 5.74) is 9.90. The van der Waals surface area contributed by atoms with Crippen molar-refractivity contribution in [2.24, 2.45) is 0 Å². The summed E-state index contributed by atoms with van der Waals surface area (Å²) in [7, 11) is 0. The minimum atomic E-state index is -5.22. The van der Waals surface area contributed by atoms with Gasteiger partial charge < -0.3 is 15.9 Å². The lowest BCUT2D eigenvalue weighted by atomic mass is 10.1. The first-order chi connectivity index (χ1) is 15.7. The number of carbonyl (C=O) groups excluding carboxylic acids is 2. The van der Waals surface area contributed by atoms with Crippen molar-refractivity contribution in [3.63, 3.8) is 0 Å². The van der Waals surface area contributed by atoms with E-state index >= 15 is 0 Å². The first kappa shape index (κ1) is 21.5. The number of hydrogen-bond donors (Lipinski definition) is 4. The fraction of sp³-hybridized carbons (Fsp3) is 0.0500. The highest BCUT2D eigenvalue weighted by Crippen LogP contribution is 2.26. The molecule has 2 heterocycles. The quantitative estimate of drug-likeness (QED) is 0.342. The first-order valence-electron chi connectivity index (χ1n) is 9.22. The van der Waals surface area contributed by atoms with Crippen LogP contribution in [0.3, 0.4) is 0 Å². The van der Waals surface area contributed by atoms with E-state index in [0.29, 0.717) is 22.8 Å². The van der Waals surface area contributed by atoms with Gasteiger partial charge in [-0.1, -0.05) is 12.1 Å². The predicted molar refractivity (Wildman–Crippen MR) is 111 cm³/mol. The number of hydrogen-bond acceptors (Lipinski definition) is 8. The van der Waals surface area contributed by atoms with Crippen molar-refractivity contribution in [1.82, 2.24) is 25.6 Å². The molecule has 0 fully saturated rings. The van der Waals surface area contributed by atoms with E-state index in [4.69, 9.17) is 5.73 Å². The first-order valence-corrected chi connectivity index (χ1v) is 9.22. The van der Waals surface area contributed by atoms with Gasteiger partial charge in [0.25, 0.3) is 5.91 Å². The molecule has 2 aromatic heterocycles. The lowest BCUT2D eigenvalue weighted by Gasteiger charge is -2.10. The van der Waals surface area contributed by atoms with E-state index in [1.165, 1.54) is 35.9 Å². The van der Waals surface area contributed by atoms with Crippen molar-refractivity contribution in [2.75, 3.05) is 11.1 Å². The fourth-order valence-corrected chi connectivity index (χ4v) is 2.79. The maximum atomic E-state index is 12.1. The van der Waals surface area contributed by atoms with Crippen molar-refractivity contribution >= 4 is 40.1 Å². The van der Waals surface area contributed by atoms with Crippen LogP contribution in [0.4, 0.5) is 30.5 Å². The Kier molecular flexibility index (Phi) is 5.52. The molecule has 4 rings (SSSR count). The molecule has 5 N–H and O–H groups in total. The molecule has 0 bridgehead atoms. The highest BCUT2D eigenvalue weighted by molar-refractivity contribution is 5.94. The molecule has 0 aliphatic heterocycles. The van der Waals surface area contributed by atoms with Crippen molar-refractivity contribution in [1.29, 1.82) is 0 Å². The van der Waals surface area contributed by atoms with Crippen molar-refractivity contribution in [3.8, 4) is 11.3 Å². The van der Waals surface area contributed by atoms with Crippen LogP contribution in [-0.2, 0) is 9.63 Å². The molecule has 2 aromatic carbocycles. The minimum Gasteiger partial charge on any atom is -0.381 e. The third kappa shape index (κ3) is 4.81. The number of alkyl halides is 3. The van der Waals surface area contributed by atoms with Crippen LogP contribution in [0.15, 0.2) is 54.9 Å². The molecule has 4 aromatic rings. The van der Waals surface area contributed by atoms with E-state index in [2.05, 4.69) is 30.3 Å². The number of carbonyl (C=O) groups is 2. The van der Waals surface area contributed by atoms with Crippen molar-refractivity contribution in [2.45, 2.75) is 6.18 Å². The van der Waals surface area contributed by atoms with Gasteiger partial charge in [0.1, 0.15) is 0 Å². The maximum Gasteiger partial charge on any atom is 0.493 e. The number of nitrogen functional groups attached to an aromatic ring is 1. The number of amides is 1. The number of nitrogens with one attached hydrogen (secondary N) is 3. The van der Waals surface area contributed by atoms with E-state index in [1.807, 2.05) is 18.2 Å². The van der Waals surface area contributed by atoms with E-state index in [1.54, 1.807) is 6.20 Å². The van der Waals surface area contributed by atoms with Crippen LogP contribution < -0.4 is 16.5 Å². The summed E-state index contributed by atoms with van der Waals surface area (Å²) in [6.07, 6.45) is -2.12. The predicted octanol–water partition coefficient (Wildman–Crippen LogP) is 3.10. The summed E-state index contributed by atoms with van der Waals surface area (Å²) < 4.78 is 36.4. The molecule has 0 saturated heterocycles. The lowest BCUT2D eigenvalue weighted by molar-refractivity contribution is -0.204. The van der Waals surface area contributed by atoms with Crippen molar-refractivity contribution < 1.29 is 27.6 Å². The van der Waals surface area contributed by atoms with Gasteiger partial charge in [-0.05, 0) is 30.3 Å². The number of H-pyrrole nitrogens is 1. The smallest absolute Gasteiger partial charge is 0.381 e. The molecule has 0 saturated carbocycles. The second kappa shape index (κ2) is 8.45. The van der Waals surface area contributed by atoms with Crippen LogP contribution in [0.5, 0.6) is 0 Å². The molecular formula is C20H14F3N7O3. The zero-order valence-corrected chi connectivity index (χ0v) is 16.5. The van der Waals surface area contributed by atoms with Gasteiger partial charge in [0.05, 0.1) is 23.6 Å². The molecule has 0 radical (unpaired) electrons. The van der Waals surface area contributed by atoms with Crippen LogP contribution in [0.25, 0.3) is 22.2 Å². The van der Waals surface area contributed by atoms with Gasteiger partial charge in [0.15, 0.2) is 11.6 Å². The van der Waals surface area contributed by atoms with E-state index in [-0.39, 0.29) is 11.4 Å². The highest BCUT2D eigenvalue weighted by Gasteiger charge is 2.42. The SMILES string of the molecule is Nc1ncc(-c2ccc(C(=O)NOC(=O)C(F)(F)F)cc2)nc1Nc1ccc2[nH]ncc2c1. The van der Waals surface area contributed by atoms with Gasteiger partial charge in [0.2, 0.25) is 0 Å². The molecule has 0 spiro atoms. The summed E-state index contributed by atoms with van der Waals surface area (Å²) >= 11 is 0. The maximum absolute atomic E-state index is 12.1. The Hall–Kier alpha value is -4.68. The number of aromatic amines is 1. The Balaban J connectivity index is 1.48. The number of rotatable bonds is 4. The van der Waals surface area contributed by atoms with E-state index in [9.17, 15) is 22.8 Å². The summed E-state index contributed by atoms with van der Waals surface area (Å²) in [6, 6.07) is 11.2. The lowest BCUT2D eigenvalue weighted by Crippen LogP contribution is -2.34. The number of anilines is 3. The van der Waals surface area contributed by atoms with Gasteiger partial charge in [-0.25, -0.2) is 14.8 Å².